The van der Waals surface area contributed by atoms with Crippen LogP contribution < -0.4 is 10.1 Å². The van der Waals surface area contributed by atoms with Gasteiger partial charge in [-0.15, -0.1) is 0 Å². The lowest BCUT2D eigenvalue weighted by molar-refractivity contribution is -0.0440. The number of sulfonamides is 1. The van der Waals surface area contributed by atoms with Crippen LogP contribution in [-0.4, -0.2) is 50.5 Å². The third kappa shape index (κ3) is 5.57. The Bertz CT molecular complexity index is 1030. The second-order valence-corrected chi connectivity index (χ2v) is 9.84. The van der Waals surface area contributed by atoms with Gasteiger partial charge in [0.05, 0.1) is 29.5 Å². The molecule has 1 saturated heterocycles. The van der Waals surface area contributed by atoms with Gasteiger partial charge in [0.15, 0.2) is 0 Å². The second kappa shape index (κ2) is 9.99. The lowest BCUT2D eigenvalue weighted by atomic mass is 10.2. The Morgan fingerprint density at radius 1 is 1.19 bits per heavy atom. The van der Waals surface area contributed by atoms with E-state index in [-0.39, 0.29) is 40.8 Å². The molecule has 2 atom stereocenters. The van der Waals surface area contributed by atoms with Gasteiger partial charge in [-0.3, -0.25) is 4.79 Å². The van der Waals surface area contributed by atoms with Gasteiger partial charge in [0.1, 0.15) is 10.6 Å². The van der Waals surface area contributed by atoms with Crippen LogP contribution in [0.25, 0.3) is 0 Å². The number of morpholine rings is 1. The third-order valence-electron chi connectivity index (χ3n) is 4.79. The highest BCUT2D eigenvalue weighted by Gasteiger charge is 2.34. The molecule has 2 unspecified atom stereocenters. The summed E-state index contributed by atoms with van der Waals surface area (Å²) in [5.74, 6) is 0.0974. The number of rotatable bonds is 7. The van der Waals surface area contributed by atoms with E-state index in [2.05, 4.69) is 5.32 Å². The molecule has 2 aromatic rings. The maximum atomic E-state index is 13.2. The van der Waals surface area contributed by atoms with E-state index >= 15 is 0 Å². The van der Waals surface area contributed by atoms with Gasteiger partial charge < -0.3 is 14.8 Å². The van der Waals surface area contributed by atoms with Crippen LogP contribution in [0.2, 0.25) is 5.02 Å². The van der Waals surface area contributed by atoms with E-state index in [9.17, 15) is 13.2 Å². The first-order chi connectivity index (χ1) is 14.7. The van der Waals surface area contributed by atoms with Crippen LogP contribution in [0.15, 0.2) is 47.4 Å². The molecule has 7 nitrogen and oxygen atoms in total. The highest BCUT2D eigenvalue weighted by atomic mass is 35.5. The standard InChI is InChI=1S/C22H27ClN2O5S/c1-4-11-29-20-8-6-5-7-19(20)24-22(26)17-9-10-18(23)21(12-17)31(27,28)25-13-15(2)30-16(3)14-25/h5-10,12,15-16H,4,11,13-14H2,1-3H3,(H,24,26). The van der Waals surface area contributed by atoms with Gasteiger partial charge in [0, 0.05) is 18.7 Å². The minimum absolute atomic E-state index is 0.0648. The Morgan fingerprint density at radius 3 is 2.55 bits per heavy atom. The summed E-state index contributed by atoms with van der Waals surface area (Å²) in [6.07, 6.45) is 0.367. The molecule has 1 heterocycles. The maximum Gasteiger partial charge on any atom is 0.255 e. The van der Waals surface area contributed by atoms with Gasteiger partial charge in [0.2, 0.25) is 10.0 Å². The normalized spacial score (nSPS) is 19.7. The molecule has 3 rings (SSSR count). The molecule has 1 amide bonds. The minimum atomic E-state index is -3.89. The first kappa shape index (κ1) is 23.5. The fourth-order valence-corrected chi connectivity index (χ4v) is 5.50. The van der Waals surface area contributed by atoms with Crippen molar-refractivity contribution in [3.05, 3.63) is 53.1 Å². The van der Waals surface area contributed by atoms with Crippen molar-refractivity contribution in [1.82, 2.24) is 4.31 Å². The highest BCUT2D eigenvalue weighted by Crippen LogP contribution is 2.29. The zero-order chi connectivity index (χ0) is 22.6. The molecule has 0 aliphatic carbocycles. The number of halogens is 1. The molecule has 1 aliphatic rings. The molecule has 1 N–H and O–H groups in total. The average Bonchev–Trinajstić information content (AvgIpc) is 2.72. The van der Waals surface area contributed by atoms with Crippen LogP contribution in [0.3, 0.4) is 0 Å². The van der Waals surface area contributed by atoms with Gasteiger partial charge in [-0.05, 0) is 50.6 Å². The second-order valence-electron chi connectivity index (χ2n) is 7.52. The largest absolute Gasteiger partial charge is 0.491 e. The van der Waals surface area contributed by atoms with E-state index in [1.807, 2.05) is 26.8 Å². The van der Waals surface area contributed by atoms with Crippen LogP contribution in [0.4, 0.5) is 5.69 Å². The number of benzene rings is 2. The van der Waals surface area contributed by atoms with E-state index in [0.29, 0.717) is 18.0 Å². The molecule has 0 radical (unpaired) electrons. The molecule has 168 valence electrons. The zero-order valence-corrected chi connectivity index (χ0v) is 19.4. The summed E-state index contributed by atoms with van der Waals surface area (Å²) in [4.78, 5) is 12.8. The van der Waals surface area contributed by atoms with Crippen molar-refractivity contribution in [2.45, 2.75) is 44.3 Å². The predicted octanol–water partition coefficient (Wildman–Crippen LogP) is 4.18. The molecule has 1 fully saturated rings. The molecule has 1 aliphatic heterocycles. The van der Waals surface area contributed by atoms with Gasteiger partial charge in [-0.1, -0.05) is 30.7 Å². The number of hydrogen-bond acceptors (Lipinski definition) is 5. The van der Waals surface area contributed by atoms with Gasteiger partial charge >= 0.3 is 0 Å². The van der Waals surface area contributed by atoms with Crippen molar-refractivity contribution in [1.29, 1.82) is 0 Å². The Kier molecular flexibility index (Phi) is 7.59. The van der Waals surface area contributed by atoms with Crippen LogP contribution in [0, 0.1) is 0 Å². The van der Waals surface area contributed by atoms with Gasteiger partial charge in [-0.25, -0.2) is 8.42 Å². The monoisotopic (exact) mass is 466 g/mol. The average molecular weight is 467 g/mol. The lowest BCUT2D eigenvalue weighted by Crippen LogP contribution is -2.48. The fraction of sp³-hybridized carbons (Fsp3) is 0.409. The predicted molar refractivity (Wildman–Crippen MR) is 120 cm³/mol. The minimum Gasteiger partial charge on any atom is -0.491 e. The number of anilines is 1. The number of ether oxygens (including phenoxy) is 2. The van der Waals surface area contributed by atoms with Crippen LogP contribution in [-0.2, 0) is 14.8 Å². The van der Waals surface area contributed by atoms with Crippen molar-refractivity contribution in [2.24, 2.45) is 0 Å². The first-order valence-electron chi connectivity index (χ1n) is 10.2. The first-order valence-corrected chi connectivity index (χ1v) is 12.0. The number of nitrogens with zero attached hydrogens (tertiary/aromatic N) is 1. The highest BCUT2D eigenvalue weighted by molar-refractivity contribution is 7.89. The van der Waals surface area contributed by atoms with Crippen molar-refractivity contribution < 1.29 is 22.7 Å². The molecular weight excluding hydrogens is 440 g/mol. The van der Waals surface area contributed by atoms with Crippen LogP contribution in [0.1, 0.15) is 37.6 Å². The van der Waals surface area contributed by atoms with Gasteiger partial charge in [0.25, 0.3) is 5.91 Å². The SMILES string of the molecule is CCCOc1ccccc1NC(=O)c1ccc(Cl)c(S(=O)(=O)N2CC(C)OC(C)C2)c1. The van der Waals surface area contributed by atoms with Crippen molar-refractivity contribution in [3.8, 4) is 5.75 Å². The van der Waals surface area contributed by atoms with E-state index in [1.165, 1.54) is 22.5 Å². The summed E-state index contributed by atoms with van der Waals surface area (Å²) < 4.78 is 39.1. The van der Waals surface area contributed by atoms with Crippen LogP contribution >= 0.6 is 11.6 Å². The van der Waals surface area contributed by atoms with E-state index in [0.717, 1.165) is 6.42 Å². The van der Waals surface area contributed by atoms with Crippen molar-refractivity contribution >= 4 is 33.2 Å². The Balaban J connectivity index is 1.87. The van der Waals surface area contributed by atoms with Gasteiger partial charge in [-0.2, -0.15) is 4.31 Å². The lowest BCUT2D eigenvalue weighted by Gasteiger charge is -2.34. The van der Waals surface area contributed by atoms with E-state index < -0.39 is 15.9 Å². The fourth-order valence-electron chi connectivity index (χ4n) is 3.41. The Morgan fingerprint density at radius 2 is 1.87 bits per heavy atom. The molecule has 0 saturated carbocycles. The van der Waals surface area contributed by atoms with Crippen LogP contribution in [0.5, 0.6) is 5.75 Å². The summed E-state index contributed by atoms with van der Waals surface area (Å²) in [7, 11) is -3.89. The molecule has 0 aromatic heterocycles. The van der Waals surface area contributed by atoms with E-state index in [1.54, 1.807) is 18.2 Å². The smallest absolute Gasteiger partial charge is 0.255 e. The van der Waals surface area contributed by atoms with Crippen molar-refractivity contribution in [2.75, 3.05) is 25.0 Å². The molecule has 31 heavy (non-hydrogen) atoms. The number of hydrogen-bond donors (Lipinski definition) is 1. The molecule has 0 bridgehead atoms. The Labute approximate surface area is 188 Å². The Hall–Kier alpha value is -2.13. The molecule has 0 spiro atoms. The maximum absolute atomic E-state index is 13.2. The molecular formula is C22H27ClN2O5S. The van der Waals surface area contributed by atoms with E-state index in [4.69, 9.17) is 21.1 Å². The summed E-state index contributed by atoms with van der Waals surface area (Å²) >= 11 is 6.23. The zero-order valence-electron chi connectivity index (χ0n) is 17.8. The quantitative estimate of drug-likeness (QED) is 0.661. The number of amides is 1. The summed E-state index contributed by atoms with van der Waals surface area (Å²) in [5, 5.41) is 2.86. The number of nitrogens with one attached hydrogen (secondary N) is 1. The molecule has 2 aromatic carbocycles. The number of carbonyl (C=O) groups excluding carboxylic acids is 1. The number of carbonyl (C=O) groups is 1. The molecule has 9 heteroatoms. The summed E-state index contributed by atoms with van der Waals surface area (Å²) in [5.41, 5.74) is 0.693. The number of para-hydroxylation sites is 2. The van der Waals surface area contributed by atoms with Crippen molar-refractivity contribution in [3.63, 3.8) is 0 Å². The third-order valence-corrected chi connectivity index (χ3v) is 7.11. The summed E-state index contributed by atoms with van der Waals surface area (Å²) in [6.45, 7) is 6.60. The topological polar surface area (TPSA) is 84.9 Å². The summed E-state index contributed by atoms with van der Waals surface area (Å²) in [6, 6.07) is 11.3.